The van der Waals surface area contributed by atoms with Crippen molar-refractivity contribution in [2.45, 2.75) is 51.0 Å². The van der Waals surface area contributed by atoms with E-state index in [2.05, 4.69) is 19.2 Å². The fourth-order valence-corrected chi connectivity index (χ4v) is 3.22. The number of nitrogens with one attached hydrogen (secondary N) is 1. The molecule has 1 fully saturated rings. The highest BCUT2D eigenvalue weighted by molar-refractivity contribution is 5.88. The Bertz CT molecular complexity index is 532. The molecule has 3 rings (SSSR count). The van der Waals surface area contributed by atoms with Crippen LogP contribution >= 0.6 is 0 Å². The normalized spacial score (nSPS) is 24.2. The molecule has 20 heavy (non-hydrogen) atoms. The van der Waals surface area contributed by atoms with Crippen LogP contribution in [0.1, 0.15) is 67.1 Å². The van der Waals surface area contributed by atoms with Crippen LogP contribution < -0.4 is 5.32 Å². The molecular weight excluding hydrogens is 250 g/mol. The van der Waals surface area contributed by atoms with Crippen LogP contribution in [0.3, 0.4) is 0 Å². The van der Waals surface area contributed by atoms with Crippen molar-refractivity contribution >= 4 is 5.97 Å². The first-order chi connectivity index (χ1) is 9.47. The molecule has 1 aromatic rings. The van der Waals surface area contributed by atoms with Gasteiger partial charge < -0.3 is 10.4 Å². The highest BCUT2D eigenvalue weighted by Gasteiger charge is 2.33. The van der Waals surface area contributed by atoms with Crippen LogP contribution in [0.25, 0.3) is 0 Å². The van der Waals surface area contributed by atoms with Crippen molar-refractivity contribution in [1.82, 2.24) is 5.32 Å². The van der Waals surface area contributed by atoms with E-state index < -0.39 is 5.97 Å². The fourth-order valence-electron chi connectivity index (χ4n) is 3.22. The molecule has 3 nitrogen and oxygen atoms in total. The minimum atomic E-state index is -0.836. The SMILES string of the molecule is CC1(C)CCC(NCC2CC2)c2ccc(C(=O)O)cc21. The molecule has 1 atom stereocenters. The fraction of sp³-hybridized carbons (Fsp3) is 0.588. The molecule has 2 aliphatic rings. The van der Waals surface area contributed by atoms with Gasteiger partial charge in [0, 0.05) is 6.04 Å². The van der Waals surface area contributed by atoms with Gasteiger partial charge in [0.15, 0.2) is 0 Å². The molecule has 2 N–H and O–H groups in total. The summed E-state index contributed by atoms with van der Waals surface area (Å²) in [7, 11) is 0. The zero-order valence-electron chi connectivity index (χ0n) is 12.3. The maximum Gasteiger partial charge on any atom is 0.335 e. The standard InChI is InChI=1S/C17H23NO2/c1-17(2)8-7-15(18-10-11-3-4-11)13-6-5-12(16(19)20)9-14(13)17/h5-6,9,11,15,18H,3-4,7-8,10H2,1-2H3,(H,19,20). The van der Waals surface area contributed by atoms with Crippen molar-refractivity contribution in [2.24, 2.45) is 5.92 Å². The zero-order valence-corrected chi connectivity index (χ0v) is 12.3. The van der Waals surface area contributed by atoms with Gasteiger partial charge in [0.2, 0.25) is 0 Å². The molecule has 1 saturated carbocycles. The second-order valence-electron chi connectivity index (χ2n) is 6.93. The number of carboxylic acid groups (broad SMARTS) is 1. The molecule has 1 aromatic carbocycles. The van der Waals surface area contributed by atoms with Gasteiger partial charge in [0.05, 0.1) is 5.56 Å². The molecule has 2 aliphatic carbocycles. The van der Waals surface area contributed by atoms with Gasteiger partial charge in [-0.3, -0.25) is 0 Å². The average Bonchev–Trinajstić information content (AvgIpc) is 3.21. The van der Waals surface area contributed by atoms with Crippen LogP contribution in [0.2, 0.25) is 0 Å². The van der Waals surface area contributed by atoms with Gasteiger partial charge in [-0.25, -0.2) is 4.79 Å². The topological polar surface area (TPSA) is 49.3 Å². The number of hydrogen-bond acceptors (Lipinski definition) is 2. The maximum absolute atomic E-state index is 11.2. The van der Waals surface area contributed by atoms with Crippen molar-refractivity contribution in [1.29, 1.82) is 0 Å². The van der Waals surface area contributed by atoms with Gasteiger partial charge in [0.25, 0.3) is 0 Å². The summed E-state index contributed by atoms with van der Waals surface area (Å²) in [4.78, 5) is 11.2. The summed E-state index contributed by atoms with van der Waals surface area (Å²) in [6, 6.07) is 6.03. The number of hydrogen-bond donors (Lipinski definition) is 2. The summed E-state index contributed by atoms with van der Waals surface area (Å²) in [6.07, 6.45) is 4.95. The average molecular weight is 273 g/mol. The van der Waals surface area contributed by atoms with Gasteiger partial charge in [0.1, 0.15) is 0 Å². The summed E-state index contributed by atoms with van der Waals surface area (Å²) in [5, 5.41) is 12.9. The molecule has 0 aliphatic heterocycles. The van der Waals surface area contributed by atoms with Gasteiger partial charge >= 0.3 is 5.97 Å². The van der Waals surface area contributed by atoms with Crippen LogP contribution in [0.5, 0.6) is 0 Å². The lowest BCUT2D eigenvalue weighted by Crippen LogP contribution is -2.33. The third kappa shape index (κ3) is 2.59. The number of aromatic carboxylic acids is 1. The Kier molecular flexibility index (Phi) is 3.33. The Hall–Kier alpha value is -1.35. The number of rotatable bonds is 4. The van der Waals surface area contributed by atoms with Crippen molar-refractivity contribution in [3.8, 4) is 0 Å². The van der Waals surface area contributed by atoms with E-state index in [0.29, 0.717) is 11.6 Å². The monoisotopic (exact) mass is 273 g/mol. The number of fused-ring (bicyclic) bond motifs is 1. The highest BCUT2D eigenvalue weighted by atomic mass is 16.4. The van der Waals surface area contributed by atoms with Gasteiger partial charge in [-0.15, -0.1) is 0 Å². The Morgan fingerprint density at radius 2 is 2.10 bits per heavy atom. The molecule has 0 amide bonds. The second-order valence-corrected chi connectivity index (χ2v) is 6.93. The molecule has 108 valence electrons. The van der Waals surface area contributed by atoms with Crippen molar-refractivity contribution in [3.05, 3.63) is 34.9 Å². The van der Waals surface area contributed by atoms with E-state index >= 15 is 0 Å². The van der Waals surface area contributed by atoms with Crippen molar-refractivity contribution in [2.75, 3.05) is 6.54 Å². The third-order valence-electron chi connectivity index (χ3n) is 4.81. The third-order valence-corrected chi connectivity index (χ3v) is 4.81. The number of carbonyl (C=O) groups is 1. The molecular formula is C17H23NO2. The Labute approximate surface area is 120 Å². The minimum Gasteiger partial charge on any atom is -0.478 e. The van der Waals surface area contributed by atoms with Gasteiger partial charge in [-0.1, -0.05) is 19.9 Å². The quantitative estimate of drug-likeness (QED) is 0.882. The number of carboxylic acids is 1. The van der Waals surface area contributed by atoms with E-state index in [9.17, 15) is 9.90 Å². The van der Waals surface area contributed by atoms with Gasteiger partial charge in [-0.05, 0) is 66.8 Å². The molecule has 0 heterocycles. The van der Waals surface area contributed by atoms with E-state index in [0.717, 1.165) is 25.3 Å². The summed E-state index contributed by atoms with van der Waals surface area (Å²) in [5.74, 6) is 0.0309. The lowest BCUT2D eigenvalue weighted by Gasteiger charge is -2.37. The van der Waals surface area contributed by atoms with Crippen molar-refractivity contribution in [3.63, 3.8) is 0 Å². The maximum atomic E-state index is 11.2. The highest BCUT2D eigenvalue weighted by Crippen LogP contribution is 2.42. The van der Waals surface area contributed by atoms with Crippen LogP contribution in [0, 0.1) is 5.92 Å². The zero-order chi connectivity index (χ0) is 14.3. The Morgan fingerprint density at radius 3 is 2.75 bits per heavy atom. The smallest absolute Gasteiger partial charge is 0.335 e. The number of benzene rings is 1. The van der Waals surface area contributed by atoms with Crippen molar-refractivity contribution < 1.29 is 9.90 Å². The summed E-state index contributed by atoms with van der Waals surface area (Å²) < 4.78 is 0. The first-order valence-electron chi connectivity index (χ1n) is 7.58. The van der Waals surface area contributed by atoms with Crippen LogP contribution in [-0.2, 0) is 5.41 Å². The summed E-state index contributed by atoms with van der Waals surface area (Å²) in [6.45, 7) is 5.54. The van der Waals surface area contributed by atoms with E-state index in [1.807, 2.05) is 12.1 Å². The largest absolute Gasteiger partial charge is 0.478 e. The second kappa shape index (κ2) is 4.88. The van der Waals surface area contributed by atoms with E-state index in [1.165, 1.54) is 24.0 Å². The van der Waals surface area contributed by atoms with E-state index in [4.69, 9.17) is 0 Å². The molecule has 3 heteroatoms. The minimum absolute atomic E-state index is 0.0680. The van der Waals surface area contributed by atoms with E-state index in [-0.39, 0.29) is 5.41 Å². The first kappa shape index (κ1) is 13.6. The predicted molar refractivity (Wildman–Crippen MR) is 79.1 cm³/mol. The summed E-state index contributed by atoms with van der Waals surface area (Å²) >= 11 is 0. The molecule has 0 bridgehead atoms. The Balaban J connectivity index is 1.90. The molecule has 0 radical (unpaired) electrons. The molecule has 0 saturated heterocycles. The molecule has 0 spiro atoms. The van der Waals surface area contributed by atoms with Gasteiger partial charge in [-0.2, -0.15) is 0 Å². The predicted octanol–water partition coefficient (Wildman–Crippen LogP) is 3.50. The lowest BCUT2D eigenvalue weighted by atomic mass is 9.70. The summed E-state index contributed by atoms with van der Waals surface area (Å²) in [5.41, 5.74) is 2.97. The molecule has 0 aromatic heterocycles. The Morgan fingerprint density at radius 1 is 1.35 bits per heavy atom. The lowest BCUT2D eigenvalue weighted by molar-refractivity contribution is 0.0696. The van der Waals surface area contributed by atoms with E-state index in [1.54, 1.807) is 6.07 Å². The van der Waals surface area contributed by atoms with Crippen LogP contribution in [-0.4, -0.2) is 17.6 Å². The van der Waals surface area contributed by atoms with Crippen LogP contribution in [0.4, 0.5) is 0 Å². The first-order valence-corrected chi connectivity index (χ1v) is 7.58. The molecule has 1 unspecified atom stereocenters. The van der Waals surface area contributed by atoms with Crippen LogP contribution in [0.15, 0.2) is 18.2 Å².